The summed E-state index contributed by atoms with van der Waals surface area (Å²) in [6.07, 6.45) is 0. The molecular weight excluding hydrogens is 240 g/mol. The average molecular weight is 257 g/mol. The Balaban J connectivity index is 2.67. The van der Waals surface area contributed by atoms with E-state index in [0.717, 1.165) is 0 Å². The fourth-order valence-electron chi connectivity index (χ4n) is 1.28. The number of carbonyl (C=O) groups excluding carboxylic acids is 1. The molecule has 94 valence electrons. The van der Waals surface area contributed by atoms with Gasteiger partial charge in [-0.1, -0.05) is 11.6 Å². The van der Waals surface area contributed by atoms with Crippen LogP contribution in [0.3, 0.4) is 0 Å². The van der Waals surface area contributed by atoms with Gasteiger partial charge in [-0.25, -0.2) is 4.79 Å². The number of hydrogen-bond acceptors (Lipinski definition) is 2. The van der Waals surface area contributed by atoms with Gasteiger partial charge in [-0.15, -0.1) is 0 Å². The zero-order chi connectivity index (χ0) is 12.8. The van der Waals surface area contributed by atoms with Crippen molar-refractivity contribution in [3.8, 4) is 5.75 Å². The SMILES string of the molecule is CCOc1ccc(NC(=O)NC(C)C)cc1Cl. The number of ether oxygens (including phenoxy) is 1. The third-order valence-electron chi connectivity index (χ3n) is 1.91. The van der Waals surface area contributed by atoms with Gasteiger partial charge in [0.05, 0.1) is 11.6 Å². The van der Waals surface area contributed by atoms with Crippen LogP contribution in [0.15, 0.2) is 18.2 Å². The first-order chi connectivity index (χ1) is 8.02. The van der Waals surface area contributed by atoms with Crippen LogP contribution in [-0.2, 0) is 0 Å². The number of benzene rings is 1. The monoisotopic (exact) mass is 256 g/mol. The summed E-state index contributed by atoms with van der Waals surface area (Å²) in [4.78, 5) is 11.4. The number of urea groups is 1. The highest BCUT2D eigenvalue weighted by molar-refractivity contribution is 6.32. The van der Waals surface area contributed by atoms with E-state index in [9.17, 15) is 4.79 Å². The van der Waals surface area contributed by atoms with Crippen LogP contribution < -0.4 is 15.4 Å². The van der Waals surface area contributed by atoms with Crippen molar-refractivity contribution in [2.45, 2.75) is 26.8 Å². The lowest BCUT2D eigenvalue weighted by molar-refractivity contribution is 0.250. The summed E-state index contributed by atoms with van der Waals surface area (Å²) < 4.78 is 5.30. The molecule has 0 radical (unpaired) electrons. The van der Waals surface area contributed by atoms with Gasteiger partial charge in [0.15, 0.2) is 0 Å². The lowest BCUT2D eigenvalue weighted by Crippen LogP contribution is -2.34. The summed E-state index contributed by atoms with van der Waals surface area (Å²) in [5.41, 5.74) is 0.636. The van der Waals surface area contributed by atoms with Gasteiger partial charge in [0.2, 0.25) is 0 Å². The van der Waals surface area contributed by atoms with Gasteiger partial charge >= 0.3 is 6.03 Å². The summed E-state index contributed by atoms with van der Waals surface area (Å²) in [7, 11) is 0. The Kier molecular flexibility index (Phi) is 5.10. The third-order valence-corrected chi connectivity index (χ3v) is 2.20. The number of halogens is 1. The molecule has 2 N–H and O–H groups in total. The maximum Gasteiger partial charge on any atom is 0.319 e. The Labute approximate surface area is 106 Å². The molecule has 0 aliphatic rings. The van der Waals surface area contributed by atoms with E-state index >= 15 is 0 Å². The van der Waals surface area contributed by atoms with Crippen LogP contribution in [0.5, 0.6) is 5.75 Å². The van der Waals surface area contributed by atoms with Gasteiger partial charge in [-0.2, -0.15) is 0 Å². The highest BCUT2D eigenvalue weighted by Gasteiger charge is 2.06. The zero-order valence-electron chi connectivity index (χ0n) is 10.2. The van der Waals surface area contributed by atoms with E-state index in [1.54, 1.807) is 18.2 Å². The van der Waals surface area contributed by atoms with E-state index in [4.69, 9.17) is 16.3 Å². The second-order valence-corrected chi connectivity index (χ2v) is 4.24. The van der Waals surface area contributed by atoms with Crippen molar-refractivity contribution >= 4 is 23.3 Å². The van der Waals surface area contributed by atoms with Gasteiger partial charge in [-0.05, 0) is 39.0 Å². The molecule has 0 aliphatic heterocycles. The van der Waals surface area contributed by atoms with Crippen LogP contribution in [0.4, 0.5) is 10.5 Å². The van der Waals surface area contributed by atoms with Gasteiger partial charge in [0.1, 0.15) is 5.75 Å². The van der Waals surface area contributed by atoms with Gasteiger partial charge < -0.3 is 15.4 Å². The van der Waals surface area contributed by atoms with Crippen LogP contribution in [0.1, 0.15) is 20.8 Å². The largest absolute Gasteiger partial charge is 0.492 e. The van der Waals surface area contributed by atoms with Gasteiger partial charge in [0.25, 0.3) is 0 Å². The predicted molar refractivity (Wildman–Crippen MR) is 69.9 cm³/mol. The molecule has 0 bridgehead atoms. The Morgan fingerprint density at radius 1 is 1.47 bits per heavy atom. The minimum Gasteiger partial charge on any atom is -0.492 e. The quantitative estimate of drug-likeness (QED) is 0.869. The molecular formula is C12H17ClN2O2. The van der Waals surface area contributed by atoms with Crippen molar-refractivity contribution < 1.29 is 9.53 Å². The number of anilines is 1. The van der Waals surface area contributed by atoms with Crippen LogP contribution in [-0.4, -0.2) is 18.7 Å². The number of hydrogen-bond donors (Lipinski definition) is 2. The molecule has 0 aromatic heterocycles. The average Bonchev–Trinajstić information content (AvgIpc) is 2.21. The maximum absolute atomic E-state index is 11.4. The Morgan fingerprint density at radius 3 is 2.71 bits per heavy atom. The highest BCUT2D eigenvalue weighted by atomic mass is 35.5. The smallest absolute Gasteiger partial charge is 0.319 e. The molecule has 17 heavy (non-hydrogen) atoms. The van der Waals surface area contributed by atoms with E-state index in [0.29, 0.717) is 23.1 Å². The number of amides is 2. The van der Waals surface area contributed by atoms with E-state index in [-0.39, 0.29) is 12.1 Å². The molecule has 0 heterocycles. The van der Waals surface area contributed by atoms with E-state index < -0.39 is 0 Å². The minimum atomic E-state index is -0.250. The normalized spacial score (nSPS) is 10.2. The topological polar surface area (TPSA) is 50.4 Å². The molecule has 2 amide bonds. The molecule has 0 unspecified atom stereocenters. The fourth-order valence-corrected chi connectivity index (χ4v) is 1.52. The molecule has 0 saturated heterocycles. The zero-order valence-corrected chi connectivity index (χ0v) is 11.0. The first-order valence-corrected chi connectivity index (χ1v) is 5.90. The molecule has 0 saturated carbocycles. The van der Waals surface area contributed by atoms with Crippen molar-refractivity contribution in [2.24, 2.45) is 0 Å². The van der Waals surface area contributed by atoms with Crippen molar-refractivity contribution in [2.75, 3.05) is 11.9 Å². The first kappa shape index (κ1) is 13.6. The third kappa shape index (κ3) is 4.53. The second kappa shape index (κ2) is 6.35. The Hall–Kier alpha value is -1.42. The molecule has 0 fully saturated rings. The van der Waals surface area contributed by atoms with E-state index in [2.05, 4.69) is 10.6 Å². The lowest BCUT2D eigenvalue weighted by atomic mass is 10.3. The van der Waals surface area contributed by atoms with Gasteiger partial charge in [0, 0.05) is 11.7 Å². The first-order valence-electron chi connectivity index (χ1n) is 5.52. The molecule has 1 aromatic rings. The lowest BCUT2D eigenvalue weighted by Gasteiger charge is -2.11. The fraction of sp³-hybridized carbons (Fsp3) is 0.417. The molecule has 0 spiro atoms. The second-order valence-electron chi connectivity index (χ2n) is 3.83. The van der Waals surface area contributed by atoms with Crippen LogP contribution >= 0.6 is 11.6 Å². The molecule has 5 heteroatoms. The molecule has 4 nitrogen and oxygen atoms in total. The standard InChI is InChI=1S/C12H17ClN2O2/c1-4-17-11-6-5-9(7-10(11)13)15-12(16)14-8(2)3/h5-8H,4H2,1-3H3,(H2,14,15,16). The Morgan fingerprint density at radius 2 is 2.18 bits per heavy atom. The summed E-state index contributed by atoms with van der Waals surface area (Å²) in [6.45, 7) is 6.23. The van der Waals surface area contributed by atoms with Crippen molar-refractivity contribution in [1.82, 2.24) is 5.32 Å². The van der Waals surface area contributed by atoms with Crippen LogP contribution in [0.25, 0.3) is 0 Å². The van der Waals surface area contributed by atoms with E-state index in [1.165, 1.54) is 0 Å². The summed E-state index contributed by atoms with van der Waals surface area (Å²) in [5, 5.41) is 5.90. The number of carbonyl (C=O) groups is 1. The van der Waals surface area contributed by atoms with Crippen molar-refractivity contribution in [1.29, 1.82) is 0 Å². The minimum absolute atomic E-state index is 0.0909. The number of rotatable bonds is 4. The summed E-state index contributed by atoms with van der Waals surface area (Å²) in [6, 6.07) is 4.98. The summed E-state index contributed by atoms with van der Waals surface area (Å²) >= 11 is 6.00. The predicted octanol–water partition coefficient (Wildman–Crippen LogP) is 3.27. The number of nitrogens with one attached hydrogen (secondary N) is 2. The van der Waals surface area contributed by atoms with Crippen LogP contribution in [0, 0.1) is 0 Å². The van der Waals surface area contributed by atoms with Gasteiger partial charge in [-0.3, -0.25) is 0 Å². The van der Waals surface area contributed by atoms with E-state index in [1.807, 2.05) is 20.8 Å². The Bertz CT molecular complexity index is 394. The van der Waals surface area contributed by atoms with Crippen LogP contribution in [0.2, 0.25) is 5.02 Å². The molecule has 0 aliphatic carbocycles. The molecule has 1 aromatic carbocycles. The molecule has 0 atom stereocenters. The molecule has 1 rings (SSSR count). The maximum atomic E-state index is 11.4. The van der Waals surface area contributed by atoms with Crippen molar-refractivity contribution in [3.63, 3.8) is 0 Å². The highest BCUT2D eigenvalue weighted by Crippen LogP contribution is 2.27. The van der Waals surface area contributed by atoms with Crippen molar-refractivity contribution in [3.05, 3.63) is 23.2 Å². The summed E-state index contributed by atoms with van der Waals surface area (Å²) in [5.74, 6) is 0.615.